The minimum Gasteiger partial charge on any atom is -0.496 e. The summed E-state index contributed by atoms with van der Waals surface area (Å²) in [6, 6.07) is 16.2. The SMILES string of the molecule is COc1ccccc1C(=O)NCC1(c2ccccc2)CCC(N2C(=O)N[C@@H](Cc3cnc[nH]3)C2=O)CC1. The summed E-state index contributed by atoms with van der Waals surface area (Å²) in [4.78, 5) is 47.4. The molecule has 37 heavy (non-hydrogen) atoms. The van der Waals surface area contributed by atoms with E-state index >= 15 is 0 Å². The maximum absolute atomic E-state index is 13.1. The van der Waals surface area contributed by atoms with E-state index < -0.39 is 6.04 Å². The quantitative estimate of drug-likeness (QED) is 0.410. The van der Waals surface area contributed by atoms with Crippen molar-refractivity contribution in [2.24, 2.45) is 0 Å². The topological polar surface area (TPSA) is 116 Å². The van der Waals surface area contributed by atoms with E-state index in [1.807, 2.05) is 30.3 Å². The van der Waals surface area contributed by atoms with Crippen LogP contribution in [0.3, 0.4) is 0 Å². The summed E-state index contributed by atoms with van der Waals surface area (Å²) < 4.78 is 5.36. The first-order chi connectivity index (χ1) is 18.0. The number of imide groups is 1. The Morgan fingerprint density at radius 1 is 1.11 bits per heavy atom. The third-order valence-electron chi connectivity index (χ3n) is 7.63. The smallest absolute Gasteiger partial charge is 0.325 e. The number of para-hydroxylation sites is 1. The molecule has 2 fully saturated rings. The molecular formula is C28H31N5O4. The number of ether oxygens (including phenoxy) is 1. The third kappa shape index (κ3) is 4.94. The van der Waals surface area contributed by atoms with Crippen molar-refractivity contribution in [3.05, 3.63) is 83.9 Å². The van der Waals surface area contributed by atoms with Crippen molar-refractivity contribution in [3.63, 3.8) is 0 Å². The van der Waals surface area contributed by atoms with Gasteiger partial charge in [-0.1, -0.05) is 42.5 Å². The number of benzene rings is 2. The molecule has 1 atom stereocenters. The standard InChI is InChI=1S/C28H31N5O4/c1-37-24-10-6-5-9-22(24)25(34)30-17-28(19-7-3-2-4-8-19)13-11-21(12-14-28)33-26(35)23(32-27(33)36)15-20-16-29-18-31-20/h2-10,16,18,21,23H,11-15,17H2,1H3,(H,29,31)(H,30,34)(H,32,36)/t21?,23-,28?/m0/s1. The lowest BCUT2D eigenvalue weighted by molar-refractivity contribution is -0.129. The number of methoxy groups -OCH3 is 1. The first kappa shape index (κ1) is 24.5. The van der Waals surface area contributed by atoms with Crippen molar-refractivity contribution in [2.75, 3.05) is 13.7 Å². The van der Waals surface area contributed by atoms with Crippen LogP contribution in [0.2, 0.25) is 0 Å². The fourth-order valence-electron chi connectivity index (χ4n) is 5.60. The molecule has 2 aliphatic rings. The molecule has 1 aliphatic carbocycles. The second-order valence-corrected chi connectivity index (χ2v) is 9.75. The van der Waals surface area contributed by atoms with E-state index in [4.69, 9.17) is 4.74 Å². The third-order valence-corrected chi connectivity index (χ3v) is 7.63. The fourth-order valence-corrected chi connectivity index (χ4v) is 5.60. The highest BCUT2D eigenvalue weighted by Gasteiger charge is 2.46. The van der Waals surface area contributed by atoms with E-state index in [2.05, 4.69) is 32.7 Å². The largest absolute Gasteiger partial charge is 0.496 e. The Morgan fingerprint density at radius 2 is 1.84 bits per heavy atom. The second kappa shape index (κ2) is 10.5. The van der Waals surface area contributed by atoms with Crippen LogP contribution in [0, 0.1) is 0 Å². The van der Waals surface area contributed by atoms with Gasteiger partial charge in [0.05, 0.1) is 19.0 Å². The van der Waals surface area contributed by atoms with Gasteiger partial charge in [-0.2, -0.15) is 0 Å². The monoisotopic (exact) mass is 501 g/mol. The van der Waals surface area contributed by atoms with Crippen molar-refractivity contribution in [1.29, 1.82) is 0 Å². The Bertz CT molecular complexity index is 1250. The number of urea groups is 1. The molecule has 3 aromatic rings. The molecule has 1 saturated heterocycles. The summed E-state index contributed by atoms with van der Waals surface area (Å²) in [6.45, 7) is 0.448. The molecule has 0 bridgehead atoms. The average molecular weight is 502 g/mol. The molecular weight excluding hydrogens is 470 g/mol. The van der Waals surface area contributed by atoms with Crippen molar-refractivity contribution < 1.29 is 19.1 Å². The normalized spacial score (nSPS) is 23.5. The Kier molecular flexibility index (Phi) is 6.94. The zero-order valence-corrected chi connectivity index (χ0v) is 20.8. The van der Waals surface area contributed by atoms with Gasteiger partial charge in [0.15, 0.2) is 0 Å². The molecule has 3 N–H and O–H groups in total. The van der Waals surface area contributed by atoms with Gasteiger partial charge in [-0.3, -0.25) is 14.5 Å². The van der Waals surface area contributed by atoms with E-state index in [1.165, 1.54) is 4.90 Å². The summed E-state index contributed by atoms with van der Waals surface area (Å²) in [5, 5.41) is 5.96. The number of nitrogens with zero attached hydrogens (tertiary/aromatic N) is 2. The first-order valence-electron chi connectivity index (χ1n) is 12.6. The number of nitrogens with one attached hydrogen (secondary N) is 3. The van der Waals surface area contributed by atoms with Crippen molar-refractivity contribution in [1.82, 2.24) is 25.5 Å². The Balaban J connectivity index is 1.29. The van der Waals surface area contributed by atoms with Crippen LogP contribution in [0.25, 0.3) is 0 Å². The molecule has 2 heterocycles. The summed E-state index contributed by atoms with van der Waals surface area (Å²) in [7, 11) is 1.55. The predicted molar refractivity (Wildman–Crippen MR) is 137 cm³/mol. The van der Waals surface area contributed by atoms with Crippen molar-refractivity contribution in [2.45, 2.75) is 49.6 Å². The number of carbonyl (C=O) groups excluding carboxylic acids is 3. The first-order valence-corrected chi connectivity index (χ1v) is 12.6. The molecule has 1 aliphatic heterocycles. The van der Waals surface area contributed by atoms with Gasteiger partial charge in [-0.15, -0.1) is 0 Å². The zero-order valence-electron chi connectivity index (χ0n) is 20.8. The molecule has 5 rings (SSSR count). The molecule has 1 aromatic heterocycles. The van der Waals surface area contributed by atoms with Crippen LogP contribution in [0.4, 0.5) is 4.79 Å². The number of rotatable bonds is 8. The predicted octanol–water partition coefficient (Wildman–Crippen LogP) is 3.19. The highest BCUT2D eigenvalue weighted by Crippen LogP contribution is 2.41. The minimum absolute atomic E-state index is 0.180. The van der Waals surface area contributed by atoms with Gasteiger partial charge in [0.2, 0.25) is 0 Å². The maximum atomic E-state index is 13.1. The number of H-pyrrole nitrogens is 1. The van der Waals surface area contributed by atoms with Gasteiger partial charge in [0, 0.05) is 36.3 Å². The summed E-state index contributed by atoms with van der Waals surface area (Å²) in [6.07, 6.45) is 6.40. The average Bonchev–Trinajstić information content (AvgIpc) is 3.55. The molecule has 0 unspecified atom stereocenters. The van der Waals surface area contributed by atoms with E-state index in [1.54, 1.807) is 31.8 Å². The highest BCUT2D eigenvalue weighted by atomic mass is 16.5. The van der Waals surface area contributed by atoms with Crippen LogP contribution in [-0.4, -0.2) is 58.5 Å². The van der Waals surface area contributed by atoms with E-state index in [-0.39, 0.29) is 29.3 Å². The van der Waals surface area contributed by atoms with Gasteiger partial charge in [-0.05, 0) is 43.4 Å². The Morgan fingerprint density at radius 3 is 2.54 bits per heavy atom. The zero-order chi connectivity index (χ0) is 25.8. The van der Waals surface area contributed by atoms with Crippen LogP contribution in [0.1, 0.15) is 47.3 Å². The molecule has 9 heteroatoms. The van der Waals surface area contributed by atoms with E-state index in [0.29, 0.717) is 37.1 Å². The molecule has 2 aromatic carbocycles. The molecule has 4 amide bonds. The van der Waals surface area contributed by atoms with Gasteiger partial charge in [-0.25, -0.2) is 9.78 Å². The number of imidazole rings is 1. The lowest BCUT2D eigenvalue weighted by atomic mass is 9.67. The van der Waals surface area contributed by atoms with Crippen LogP contribution in [0.15, 0.2) is 67.1 Å². The number of hydrogen-bond acceptors (Lipinski definition) is 5. The molecule has 192 valence electrons. The van der Waals surface area contributed by atoms with Crippen LogP contribution < -0.4 is 15.4 Å². The number of carbonyl (C=O) groups is 3. The lowest BCUT2D eigenvalue weighted by Crippen LogP contribution is -2.49. The molecule has 0 spiro atoms. The van der Waals surface area contributed by atoms with Crippen LogP contribution in [0.5, 0.6) is 5.75 Å². The highest BCUT2D eigenvalue weighted by molar-refractivity contribution is 6.04. The van der Waals surface area contributed by atoms with Crippen LogP contribution >= 0.6 is 0 Å². The molecule has 0 radical (unpaired) electrons. The Labute approximate surface area is 215 Å². The van der Waals surface area contributed by atoms with Gasteiger partial charge in [0.25, 0.3) is 11.8 Å². The molecule has 1 saturated carbocycles. The number of amides is 4. The van der Waals surface area contributed by atoms with Crippen molar-refractivity contribution >= 4 is 17.8 Å². The lowest BCUT2D eigenvalue weighted by Gasteiger charge is -2.42. The minimum atomic E-state index is -0.589. The summed E-state index contributed by atoms with van der Waals surface area (Å²) in [5.41, 5.74) is 2.13. The second-order valence-electron chi connectivity index (χ2n) is 9.75. The van der Waals surface area contributed by atoms with Crippen LogP contribution in [-0.2, 0) is 16.6 Å². The maximum Gasteiger partial charge on any atom is 0.325 e. The fraction of sp³-hybridized carbons (Fsp3) is 0.357. The Hall–Kier alpha value is -4.14. The van der Waals surface area contributed by atoms with Crippen molar-refractivity contribution in [3.8, 4) is 5.75 Å². The summed E-state index contributed by atoms with van der Waals surface area (Å²) in [5.74, 6) is 0.146. The number of hydrogen-bond donors (Lipinski definition) is 3. The van der Waals surface area contributed by atoms with Gasteiger partial charge in [0.1, 0.15) is 11.8 Å². The molecule has 9 nitrogen and oxygen atoms in total. The number of aromatic nitrogens is 2. The van der Waals surface area contributed by atoms with Gasteiger partial charge >= 0.3 is 6.03 Å². The van der Waals surface area contributed by atoms with E-state index in [9.17, 15) is 14.4 Å². The summed E-state index contributed by atoms with van der Waals surface area (Å²) >= 11 is 0. The van der Waals surface area contributed by atoms with E-state index in [0.717, 1.165) is 24.1 Å². The number of aromatic amines is 1. The van der Waals surface area contributed by atoms with Gasteiger partial charge < -0.3 is 20.4 Å².